The van der Waals surface area contributed by atoms with Crippen LogP contribution in [0.4, 0.5) is 0 Å². The highest BCUT2D eigenvalue weighted by molar-refractivity contribution is 5.82. The summed E-state index contributed by atoms with van der Waals surface area (Å²) in [5, 5.41) is 1.32. The number of hydrogen-bond acceptors (Lipinski definition) is 1. The predicted molar refractivity (Wildman–Crippen MR) is 65.1 cm³/mol. The second kappa shape index (κ2) is 4.43. The van der Waals surface area contributed by atoms with Gasteiger partial charge in [-0.3, -0.25) is 4.98 Å². The third-order valence-electron chi connectivity index (χ3n) is 2.79. The first-order valence-electron chi connectivity index (χ1n) is 5.65. The number of aromatic nitrogens is 1. The van der Waals surface area contributed by atoms with Gasteiger partial charge in [-0.2, -0.15) is 0 Å². The first-order valence-corrected chi connectivity index (χ1v) is 5.65. The van der Waals surface area contributed by atoms with E-state index in [9.17, 15) is 0 Å². The van der Waals surface area contributed by atoms with Crippen LogP contribution in [0.3, 0.4) is 0 Å². The van der Waals surface area contributed by atoms with E-state index in [0.29, 0.717) is 0 Å². The summed E-state index contributed by atoms with van der Waals surface area (Å²) in [5.74, 6) is 0. The molecule has 2 aromatic rings. The minimum absolute atomic E-state index is 1.13. The standard InChI is InChI=1S/C14H17N/c1-3-4-5-12-8-9-15-14-10-11(2)6-7-13(12)14/h6-10H,3-5H2,1-2H3. The van der Waals surface area contributed by atoms with Crippen molar-refractivity contribution in [3.8, 4) is 0 Å². The number of unbranched alkanes of at least 4 members (excludes halogenated alkanes) is 1. The molecule has 0 saturated heterocycles. The summed E-state index contributed by atoms with van der Waals surface area (Å²) >= 11 is 0. The van der Waals surface area contributed by atoms with E-state index < -0.39 is 0 Å². The van der Waals surface area contributed by atoms with Crippen molar-refractivity contribution in [3.05, 3.63) is 41.6 Å². The molecule has 1 aromatic carbocycles. The van der Waals surface area contributed by atoms with Crippen LogP contribution in [0.5, 0.6) is 0 Å². The molecule has 0 N–H and O–H groups in total. The summed E-state index contributed by atoms with van der Waals surface area (Å²) in [6.45, 7) is 4.34. The lowest BCUT2D eigenvalue weighted by Gasteiger charge is -2.05. The highest BCUT2D eigenvalue weighted by Crippen LogP contribution is 2.19. The van der Waals surface area contributed by atoms with E-state index in [-0.39, 0.29) is 0 Å². The first-order chi connectivity index (χ1) is 7.31. The van der Waals surface area contributed by atoms with Gasteiger partial charge in [-0.25, -0.2) is 0 Å². The number of fused-ring (bicyclic) bond motifs is 1. The van der Waals surface area contributed by atoms with Crippen molar-refractivity contribution in [3.63, 3.8) is 0 Å². The Labute approximate surface area is 91.2 Å². The van der Waals surface area contributed by atoms with Gasteiger partial charge in [0.2, 0.25) is 0 Å². The van der Waals surface area contributed by atoms with E-state index in [2.05, 4.69) is 43.1 Å². The molecule has 0 aliphatic rings. The topological polar surface area (TPSA) is 12.9 Å². The average Bonchev–Trinajstić information content (AvgIpc) is 2.25. The van der Waals surface area contributed by atoms with Crippen LogP contribution in [0.2, 0.25) is 0 Å². The van der Waals surface area contributed by atoms with Crippen molar-refractivity contribution in [1.29, 1.82) is 0 Å². The monoisotopic (exact) mass is 199 g/mol. The van der Waals surface area contributed by atoms with E-state index in [1.165, 1.54) is 35.8 Å². The normalized spacial score (nSPS) is 10.8. The number of benzene rings is 1. The van der Waals surface area contributed by atoms with Crippen LogP contribution >= 0.6 is 0 Å². The third kappa shape index (κ3) is 2.17. The summed E-state index contributed by atoms with van der Waals surface area (Å²) < 4.78 is 0. The zero-order valence-corrected chi connectivity index (χ0v) is 9.46. The largest absolute Gasteiger partial charge is 0.256 e. The Morgan fingerprint density at radius 3 is 2.87 bits per heavy atom. The molecule has 1 heterocycles. The summed E-state index contributed by atoms with van der Waals surface area (Å²) in [5.41, 5.74) is 3.84. The number of hydrogen-bond donors (Lipinski definition) is 0. The van der Waals surface area contributed by atoms with Crippen LogP contribution < -0.4 is 0 Å². The van der Waals surface area contributed by atoms with Gasteiger partial charge in [0, 0.05) is 11.6 Å². The van der Waals surface area contributed by atoms with Gasteiger partial charge in [0.1, 0.15) is 0 Å². The van der Waals surface area contributed by atoms with Gasteiger partial charge in [-0.05, 0) is 43.0 Å². The molecule has 1 aromatic heterocycles. The lowest BCUT2D eigenvalue weighted by Crippen LogP contribution is -1.89. The lowest BCUT2D eigenvalue weighted by atomic mass is 10.0. The quantitative estimate of drug-likeness (QED) is 0.731. The smallest absolute Gasteiger partial charge is 0.0707 e. The van der Waals surface area contributed by atoms with Crippen molar-refractivity contribution in [1.82, 2.24) is 4.98 Å². The molecule has 0 amide bonds. The highest BCUT2D eigenvalue weighted by Gasteiger charge is 2.01. The number of nitrogens with zero attached hydrogens (tertiary/aromatic N) is 1. The Hall–Kier alpha value is -1.37. The van der Waals surface area contributed by atoms with E-state index in [1.807, 2.05) is 6.20 Å². The van der Waals surface area contributed by atoms with Crippen molar-refractivity contribution < 1.29 is 0 Å². The average molecular weight is 199 g/mol. The molecule has 1 nitrogen and oxygen atoms in total. The summed E-state index contributed by atoms with van der Waals surface area (Å²) in [6, 6.07) is 8.67. The Kier molecular flexibility index (Phi) is 3.00. The molecule has 0 saturated carbocycles. The molecular weight excluding hydrogens is 182 g/mol. The molecular formula is C14H17N. The van der Waals surface area contributed by atoms with Gasteiger partial charge in [-0.1, -0.05) is 25.5 Å². The Morgan fingerprint density at radius 2 is 2.07 bits per heavy atom. The predicted octanol–water partition coefficient (Wildman–Crippen LogP) is 3.89. The molecule has 78 valence electrons. The van der Waals surface area contributed by atoms with Crippen molar-refractivity contribution >= 4 is 10.9 Å². The van der Waals surface area contributed by atoms with Crippen molar-refractivity contribution in [2.45, 2.75) is 33.1 Å². The SMILES string of the molecule is CCCCc1ccnc2cc(C)ccc12. The van der Waals surface area contributed by atoms with Crippen LogP contribution in [0.1, 0.15) is 30.9 Å². The molecule has 2 rings (SSSR count). The summed E-state index contributed by atoms with van der Waals surface area (Å²) in [6.07, 6.45) is 5.59. The van der Waals surface area contributed by atoms with Gasteiger partial charge in [0.05, 0.1) is 5.52 Å². The summed E-state index contributed by atoms with van der Waals surface area (Å²) in [7, 11) is 0. The van der Waals surface area contributed by atoms with Crippen LogP contribution in [-0.4, -0.2) is 4.98 Å². The molecule has 0 spiro atoms. The van der Waals surface area contributed by atoms with Gasteiger partial charge in [0.15, 0.2) is 0 Å². The van der Waals surface area contributed by atoms with E-state index in [1.54, 1.807) is 0 Å². The first kappa shape index (κ1) is 10.2. The zero-order chi connectivity index (χ0) is 10.7. The van der Waals surface area contributed by atoms with Crippen molar-refractivity contribution in [2.75, 3.05) is 0 Å². The van der Waals surface area contributed by atoms with Crippen LogP contribution in [0.25, 0.3) is 10.9 Å². The maximum absolute atomic E-state index is 4.41. The molecule has 0 bridgehead atoms. The van der Waals surface area contributed by atoms with Crippen LogP contribution in [-0.2, 0) is 6.42 Å². The maximum atomic E-state index is 4.41. The third-order valence-corrected chi connectivity index (χ3v) is 2.79. The maximum Gasteiger partial charge on any atom is 0.0707 e. The van der Waals surface area contributed by atoms with Crippen LogP contribution in [0, 0.1) is 6.92 Å². The van der Waals surface area contributed by atoms with E-state index in [0.717, 1.165) is 5.52 Å². The minimum atomic E-state index is 1.13. The molecule has 0 aliphatic heterocycles. The zero-order valence-electron chi connectivity index (χ0n) is 9.46. The molecule has 0 aliphatic carbocycles. The van der Waals surface area contributed by atoms with Crippen LogP contribution in [0.15, 0.2) is 30.5 Å². The van der Waals surface area contributed by atoms with Crippen molar-refractivity contribution in [2.24, 2.45) is 0 Å². The lowest BCUT2D eigenvalue weighted by molar-refractivity contribution is 0.798. The molecule has 1 heteroatoms. The van der Waals surface area contributed by atoms with Gasteiger partial charge >= 0.3 is 0 Å². The Morgan fingerprint density at radius 1 is 1.20 bits per heavy atom. The fraction of sp³-hybridized carbons (Fsp3) is 0.357. The minimum Gasteiger partial charge on any atom is -0.256 e. The molecule has 0 radical (unpaired) electrons. The molecule has 0 atom stereocenters. The van der Waals surface area contributed by atoms with Gasteiger partial charge in [0.25, 0.3) is 0 Å². The number of rotatable bonds is 3. The molecule has 15 heavy (non-hydrogen) atoms. The van der Waals surface area contributed by atoms with E-state index >= 15 is 0 Å². The Bertz CT molecular complexity index is 460. The molecule has 0 unspecified atom stereocenters. The summed E-state index contributed by atoms with van der Waals surface area (Å²) in [4.78, 5) is 4.41. The second-order valence-corrected chi connectivity index (χ2v) is 4.09. The number of pyridine rings is 1. The highest BCUT2D eigenvalue weighted by atomic mass is 14.6. The van der Waals surface area contributed by atoms with Gasteiger partial charge < -0.3 is 0 Å². The molecule has 0 fully saturated rings. The fourth-order valence-corrected chi connectivity index (χ4v) is 1.90. The second-order valence-electron chi connectivity index (χ2n) is 4.09. The Balaban J connectivity index is 2.46. The van der Waals surface area contributed by atoms with E-state index in [4.69, 9.17) is 0 Å². The number of aryl methyl sites for hydroxylation is 2. The van der Waals surface area contributed by atoms with Gasteiger partial charge in [-0.15, -0.1) is 0 Å². The fourth-order valence-electron chi connectivity index (χ4n) is 1.90.